The molecule has 0 fully saturated rings. The molecule has 0 spiro atoms. The minimum atomic E-state index is -0.520. The van der Waals surface area contributed by atoms with Crippen LogP contribution in [0.1, 0.15) is 6.92 Å². The van der Waals surface area contributed by atoms with E-state index in [1.54, 1.807) is 24.3 Å². The van der Waals surface area contributed by atoms with Gasteiger partial charge in [0, 0.05) is 24.7 Å². The van der Waals surface area contributed by atoms with Crippen LogP contribution in [-0.4, -0.2) is 17.9 Å². The Hall–Kier alpha value is -2.89. The fourth-order valence-electron chi connectivity index (χ4n) is 2.03. The molecule has 0 unspecified atom stereocenters. The monoisotopic (exact) mass is 286 g/mol. The van der Waals surface area contributed by atoms with Gasteiger partial charge in [-0.3, -0.25) is 19.8 Å². The van der Waals surface area contributed by atoms with Crippen LogP contribution in [0.5, 0.6) is 5.75 Å². The van der Waals surface area contributed by atoms with E-state index in [-0.39, 0.29) is 17.3 Å². The first kappa shape index (κ1) is 14.5. The minimum Gasteiger partial charge on any atom is -0.497 e. The molecule has 0 saturated heterocycles. The van der Waals surface area contributed by atoms with Gasteiger partial charge in [-0.2, -0.15) is 0 Å². The van der Waals surface area contributed by atoms with Gasteiger partial charge in [-0.25, -0.2) is 0 Å². The normalized spacial score (nSPS) is 10.0. The second-order valence-corrected chi connectivity index (χ2v) is 4.30. The van der Waals surface area contributed by atoms with Crippen LogP contribution in [0.4, 0.5) is 17.1 Å². The van der Waals surface area contributed by atoms with E-state index < -0.39 is 4.92 Å². The van der Waals surface area contributed by atoms with Crippen LogP contribution < -0.4 is 9.64 Å². The Labute approximate surface area is 121 Å². The van der Waals surface area contributed by atoms with Crippen molar-refractivity contribution >= 4 is 23.0 Å². The summed E-state index contributed by atoms with van der Waals surface area (Å²) in [7, 11) is 1.46. The summed E-state index contributed by atoms with van der Waals surface area (Å²) in [6.07, 6.45) is 0. The van der Waals surface area contributed by atoms with E-state index >= 15 is 0 Å². The Kier molecular flexibility index (Phi) is 4.18. The number of nitrogens with zero attached hydrogens (tertiary/aromatic N) is 2. The second-order valence-electron chi connectivity index (χ2n) is 4.30. The summed E-state index contributed by atoms with van der Waals surface area (Å²) in [6.45, 7) is 1.36. The molecular formula is C15H14N2O4. The number of carbonyl (C=O) groups excluding carboxylic acids is 1. The van der Waals surface area contributed by atoms with E-state index in [0.29, 0.717) is 11.4 Å². The third kappa shape index (κ3) is 3.00. The largest absolute Gasteiger partial charge is 0.497 e. The Morgan fingerprint density at radius 2 is 1.86 bits per heavy atom. The lowest BCUT2D eigenvalue weighted by Crippen LogP contribution is -2.23. The number of para-hydroxylation sites is 1. The summed E-state index contributed by atoms with van der Waals surface area (Å²) in [5, 5.41) is 11.2. The van der Waals surface area contributed by atoms with Crippen molar-refractivity contribution in [1.29, 1.82) is 0 Å². The molecule has 2 rings (SSSR count). The van der Waals surface area contributed by atoms with Crippen LogP contribution >= 0.6 is 0 Å². The Morgan fingerprint density at radius 1 is 1.19 bits per heavy atom. The number of nitro groups is 1. The van der Waals surface area contributed by atoms with Gasteiger partial charge in [0.2, 0.25) is 5.91 Å². The van der Waals surface area contributed by atoms with Gasteiger partial charge in [-0.1, -0.05) is 18.2 Å². The second kappa shape index (κ2) is 6.04. The Morgan fingerprint density at radius 3 is 2.38 bits per heavy atom. The zero-order valence-electron chi connectivity index (χ0n) is 11.6. The third-order valence-corrected chi connectivity index (χ3v) is 2.95. The molecule has 0 aromatic heterocycles. The molecule has 108 valence electrons. The van der Waals surface area contributed by atoms with E-state index in [0.717, 1.165) is 0 Å². The smallest absolute Gasteiger partial charge is 0.293 e. The lowest BCUT2D eigenvalue weighted by atomic mass is 10.2. The highest BCUT2D eigenvalue weighted by atomic mass is 16.6. The summed E-state index contributed by atoms with van der Waals surface area (Å²) >= 11 is 0. The lowest BCUT2D eigenvalue weighted by Gasteiger charge is -2.21. The van der Waals surface area contributed by atoms with Crippen LogP contribution in [0.15, 0.2) is 48.5 Å². The summed E-state index contributed by atoms with van der Waals surface area (Å²) in [5.41, 5.74) is 0.578. The van der Waals surface area contributed by atoms with Gasteiger partial charge in [0.25, 0.3) is 5.69 Å². The number of hydrogen-bond donors (Lipinski definition) is 0. The fraction of sp³-hybridized carbons (Fsp3) is 0.133. The van der Waals surface area contributed by atoms with Crippen molar-refractivity contribution in [2.24, 2.45) is 0 Å². The highest BCUT2D eigenvalue weighted by Crippen LogP contribution is 2.36. The molecule has 0 heterocycles. The maximum atomic E-state index is 12.0. The summed E-state index contributed by atoms with van der Waals surface area (Å²) in [4.78, 5) is 24.0. The summed E-state index contributed by atoms with van der Waals surface area (Å²) in [5.74, 6) is 0.121. The average molecular weight is 286 g/mol. The zero-order chi connectivity index (χ0) is 15.4. The average Bonchev–Trinajstić information content (AvgIpc) is 2.47. The Balaban J connectivity index is 2.64. The minimum absolute atomic E-state index is 0.158. The van der Waals surface area contributed by atoms with Gasteiger partial charge < -0.3 is 4.74 Å². The molecule has 0 N–H and O–H groups in total. The van der Waals surface area contributed by atoms with Gasteiger partial charge in [0.1, 0.15) is 11.4 Å². The van der Waals surface area contributed by atoms with Crippen molar-refractivity contribution in [3.8, 4) is 5.75 Å². The number of hydrogen-bond acceptors (Lipinski definition) is 4. The van der Waals surface area contributed by atoms with E-state index in [4.69, 9.17) is 4.74 Å². The number of amides is 1. The van der Waals surface area contributed by atoms with Gasteiger partial charge in [-0.15, -0.1) is 0 Å². The number of carbonyl (C=O) groups is 1. The van der Waals surface area contributed by atoms with Gasteiger partial charge in [0.05, 0.1) is 12.0 Å². The summed E-state index contributed by atoms with van der Waals surface area (Å²) < 4.78 is 5.09. The number of rotatable bonds is 4. The maximum absolute atomic E-state index is 12.0. The molecule has 0 bridgehead atoms. The van der Waals surface area contributed by atoms with Crippen LogP contribution in [0.2, 0.25) is 0 Å². The van der Waals surface area contributed by atoms with Crippen molar-refractivity contribution in [3.63, 3.8) is 0 Å². The van der Waals surface area contributed by atoms with E-state index in [1.165, 1.54) is 37.1 Å². The van der Waals surface area contributed by atoms with Gasteiger partial charge in [0.15, 0.2) is 0 Å². The molecular weight excluding hydrogens is 272 g/mol. The van der Waals surface area contributed by atoms with Crippen molar-refractivity contribution in [1.82, 2.24) is 0 Å². The van der Waals surface area contributed by atoms with Crippen LogP contribution in [0, 0.1) is 10.1 Å². The van der Waals surface area contributed by atoms with Gasteiger partial charge >= 0.3 is 0 Å². The molecule has 6 heteroatoms. The molecule has 21 heavy (non-hydrogen) atoms. The number of ether oxygens (including phenoxy) is 1. The van der Waals surface area contributed by atoms with Crippen molar-refractivity contribution in [2.75, 3.05) is 12.0 Å². The summed E-state index contributed by atoms with van der Waals surface area (Å²) in [6, 6.07) is 13.1. The van der Waals surface area contributed by atoms with E-state index in [1.807, 2.05) is 6.07 Å². The van der Waals surface area contributed by atoms with Crippen LogP contribution in [0.25, 0.3) is 0 Å². The SMILES string of the molecule is COc1ccc([N+](=O)[O-])c(N(C(C)=O)c2ccccc2)c1. The molecule has 0 aliphatic heterocycles. The number of anilines is 2. The predicted octanol–water partition coefficient (Wildman–Crippen LogP) is 3.29. The molecule has 0 aliphatic rings. The highest BCUT2D eigenvalue weighted by molar-refractivity contribution is 6.01. The molecule has 2 aromatic rings. The van der Waals surface area contributed by atoms with Crippen molar-refractivity contribution in [3.05, 3.63) is 58.6 Å². The number of methoxy groups -OCH3 is 1. The molecule has 6 nitrogen and oxygen atoms in total. The first-order chi connectivity index (χ1) is 10.0. The lowest BCUT2D eigenvalue weighted by molar-refractivity contribution is -0.384. The van der Waals surface area contributed by atoms with Gasteiger partial charge in [-0.05, 0) is 18.2 Å². The first-order valence-electron chi connectivity index (χ1n) is 6.22. The molecule has 1 amide bonds. The fourth-order valence-corrected chi connectivity index (χ4v) is 2.03. The van der Waals surface area contributed by atoms with Crippen molar-refractivity contribution < 1.29 is 14.5 Å². The molecule has 0 aliphatic carbocycles. The van der Waals surface area contributed by atoms with Crippen molar-refractivity contribution in [2.45, 2.75) is 6.92 Å². The quantitative estimate of drug-likeness (QED) is 0.638. The number of nitro benzene ring substituents is 1. The maximum Gasteiger partial charge on any atom is 0.293 e. The standard InChI is InChI=1S/C15H14N2O4/c1-11(18)16(12-6-4-3-5-7-12)15-10-13(21-2)8-9-14(15)17(19)20/h3-10H,1-2H3. The predicted molar refractivity (Wildman–Crippen MR) is 78.9 cm³/mol. The molecule has 2 aromatic carbocycles. The first-order valence-corrected chi connectivity index (χ1v) is 6.22. The molecule has 0 saturated carbocycles. The van der Waals surface area contributed by atoms with Crippen LogP contribution in [0.3, 0.4) is 0 Å². The third-order valence-electron chi connectivity index (χ3n) is 2.95. The highest BCUT2D eigenvalue weighted by Gasteiger charge is 2.24. The molecule has 0 atom stereocenters. The molecule has 0 radical (unpaired) electrons. The van der Waals surface area contributed by atoms with Crippen LogP contribution in [-0.2, 0) is 4.79 Å². The number of benzene rings is 2. The topological polar surface area (TPSA) is 72.7 Å². The van der Waals surface area contributed by atoms with E-state index in [2.05, 4.69) is 0 Å². The van der Waals surface area contributed by atoms with E-state index in [9.17, 15) is 14.9 Å². The Bertz CT molecular complexity index is 671. The zero-order valence-corrected chi connectivity index (χ0v) is 11.6.